The summed E-state index contributed by atoms with van der Waals surface area (Å²) in [6, 6.07) is 7.75. The number of carboxylic acids is 1. The summed E-state index contributed by atoms with van der Waals surface area (Å²) in [7, 11) is 0. The Kier molecular flexibility index (Phi) is 2.79. The van der Waals surface area contributed by atoms with E-state index in [2.05, 4.69) is 6.58 Å². The van der Waals surface area contributed by atoms with Gasteiger partial charge in [0.2, 0.25) is 0 Å². The lowest BCUT2D eigenvalue weighted by Gasteiger charge is -2.23. The molecule has 0 saturated heterocycles. The average Bonchev–Trinajstić information content (AvgIpc) is 2.66. The van der Waals surface area contributed by atoms with Gasteiger partial charge in [-0.2, -0.15) is 0 Å². The molecule has 1 aromatic carbocycles. The van der Waals surface area contributed by atoms with E-state index in [4.69, 9.17) is 4.74 Å². The van der Waals surface area contributed by atoms with E-state index >= 15 is 0 Å². The zero-order valence-electron chi connectivity index (χ0n) is 8.98. The number of rotatable bonds is 4. The summed E-state index contributed by atoms with van der Waals surface area (Å²) < 4.78 is 5.47. The molecule has 0 unspecified atom stereocenters. The maximum atomic E-state index is 11.3. The third kappa shape index (κ3) is 1.74. The van der Waals surface area contributed by atoms with E-state index in [1.165, 1.54) is 0 Å². The molecule has 0 aliphatic heterocycles. The number of fused-ring (bicyclic) bond motifs is 1. The Morgan fingerprint density at radius 1 is 1.44 bits per heavy atom. The van der Waals surface area contributed by atoms with Crippen LogP contribution in [-0.4, -0.2) is 23.3 Å². The van der Waals surface area contributed by atoms with Gasteiger partial charge in [0.1, 0.15) is 0 Å². The summed E-state index contributed by atoms with van der Waals surface area (Å²) in [5, 5.41) is 9.30. The lowest BCUT2D eigenvalue weighted by atomic mass is 10.0. The van der Waals surface area contributed by atoms with Crippen LogP contribution >= 0.6 is 0 Å². The molecular weight excluding hydrogens is 204 g/mol. The Labute approximate surface area is 94.4 Å². The molecule has 0 atom stereocenters. The fourth-order valence-corrected chi connectivity index (χ4v) is 2.11. The van der Waals surface area contributed by atoms with Gasteiger partial charge in [-0.25, -0.2) is 4.79 Å². The molecule has 0 amide bonds. The molecular formula is C13H14O3. The molecule has 84 valence electrons. The van der Waals surface area contributed by atoms with Crippen LogP contribution in [-0.2, 0) is 22.4 Å². The van der Waals surface area contributed by atoms with Gasteiger partial charge in [0.25, 0.3) is 0 Å². The van der Waals surface area contributed by atoms with E-state index in [0.717, 1.165) is 11.1 Å². The highest BCUT2D eigenvalue weighted by molar-refractivity contribution is 5.80. The highest BCUT2D eigenvalue weighted by Crippen LogP contribution is 2.33. The number of carbonyl (C=O) groups is 1. The number of benzene rings is 1. The predicted octanol–water partition coefficient (Wildman–Crippen LogP) is 1.81. The van der Waals surface area contributed by atoms with Crippen LogP contribution in [0.15, 0.2) is 36.9 Å². The highest BCUT2D eigenvalue weighted by Gasteiger charge is 2.44. The molecule has 0 radical (unpaired) electrons. The fraction of sp³-hybridized carbons (Fsp3) is 0.308. The molecule has 0 saturated carbocycles. The first-order chi connectivity index (χ1) is 7.68. The topological polar surface area (TPSA) is 46.5 Å². The SMILES string of the molecule is C=CCOC1(C(=O)O)Cc2ccccc2C1. The van der Waals surface area contributed by atoms with Crippen LogP contribution in [0.2, 0.25) is 0 Å². The number of carboxylic acid groups (broad SMARTS) is 1. The van der Waals surface area contributed by atoms with E-state index in [1.54, 1.807) is 6.08 Å². The first kappa shape index (κ1) is 10.9. The average molecular weight is 218 g/mol. The standard InChI is InChI=1S/C13H14O3/c1-2-7-16-13(12(14)15)8-10-5-3-4-6-11(10)9-13/h2-6H,1,7-9H2,(H,14,15). The number of aliphatic carboxylic acids is 1. The normalized spacial score (nSPS) is 16.8. The summed E-state index contributed by atoms with van der Waals surface area (Å²) >= 11 is 0. The van der Waals surface area contributed by atoms with Gasteiger partial charge in [0.15, 0.2) is 5.60 Å². The summed E-state index contributed by atoms with van der Waals surface area (Å²) in [5.41, 5.74) is 1.03. The van der Waals surface area contributed by atoms with Crippen molar-refractivity contribution in [2.24, 2.45) is 0 Å². The molecule has 1 N–H and O–H groups in total. The quantitative estimate of drug-likeness (QED) is 0.784. The Morgan fingerprint density at radius 3 is 2.44 bits per heavy atom. The smallest absolute Gasteiger partial charge is 0.336 e. The summed E-state index contributed by atoms with van der Waals surface area (Å²) in [6.07, 6.45) is 2.45. The van der Waals surface area contributed by atoms with Crippen LogP contribution in [0.1, 0.15) is 11.1 Å². The van der Waals surface area contributed by atoms with Gasteiger partial charge in [-0.05, 0) is 11.1 Å². The van der Waals surface area contributed by atoms with Crippen LogP contribution in [0.4, 0.5) is 0 Å². The van der Waals surface area contributed by atoms with E-state index in [1.807, 2.05) is 24.3 Å². The van der Waals surface area contributed by atoms with Crippen molar-refractivity contribution >= 4 is 5.97 Å². The van der Waals surface area contributed by atoms with E-state index < -0.39 is 11.6 Å². The van der Waals surface area contributed by atoms with Gasteiger partial charge < -0.3 is 9.84 Å². The summed E-state index contributed by atoms with van der Waals surface area (Å²) in [6.45, 7) is 3.81. The van der Waals surface area contributed by atoms with Crippen LogP contribution in [0, 0.1) is 0 Å². The zero-order valence-corrected chi connectivity index (χ0v) is 8.98. The lowest BCUT2D eigenvalue weighted by molar-refractivity contribution is -0.163. The van der Waals surface area contributed by atoms with Gasteiger partial charge in [-0.1, -0.05) is 30.3 Å². The second-order valence-corrected chi connectivity index (χ2v) is 4.02. The van der Waals surface area contributed by atoms with E-state index in [9.17, 15) is 9.90 Å². The molecule has 3 heteroatoms. The largest absolute Gasteiger partial charge is 0.479 e. The summed E-state index contributed by atoms with van der Waals surface area (Å²) in [4.78, 5) is 11.3. The maximum Gasteiger partial charge on any atom is 0.336 e. The predicted molar refractivity (Wildman–Crippen MR) is 60.4 cm³/mol. The van der Waals surface area contributed by atoms with Crippen molar-refractivity contribution in [1.29, 1.82) is 0 Å². The molecule has 2 rings (SSSR count). The molecule has 1 aliphatic carbocycles. The van der Waals surface area contributed by atoms with Crippen LogP contribution in [0.5, 0.6) is 0 Å². The number of hydrogen-bond donors (Lipinski definition) is 1. The molecule has 16 heavy (non-hydrogen) atoms. The van der Waals surface area contributed by atoms with E-state index in [-0.39, 0.29) is 6.61 Å². The third-order valence-electron chi connectivity index (χ3n) is 2.94. The minimum Gasteiger partial charge on any atom is -0.479 e. The molecule has 0 spiro atoms. The first-order valence-electron chi connectivity index (χ1n) is 5.23. The van der Waals surface area contributed by atoms with Gasteiger partial charge in [-0.15, -0.1) is 6.58 Å². The first-order valence-corrected chi connectivity index (χ1v) is 5.23. The minimum absolute atomic E-state index is 0.264. The van der Waals surface area contributed by atoms with Gasteiger partial charge >= 0.3 is 5.97 Å². The van der Waals surface area contributed by atoms with Crippen LogP contribution in [0.3, 0.4) is 0 Å². The van der Waals surface area contributed by atoms with E-state index in [0.29, 0.717) is 12.8 Å². The van der Waals surface area contributed by atoms with Gasteiger partial charge in [0, 0.05) is 12.8 Å². The second kappa shape index (κ2) is 4.10. The molecule has 0 bridgehead atoms. The van der Waals surface area contributed by atoms with Gasteiger partial charge in [0.05, 0.1) is 6.61 Å². The molecule has 0 aromatic heterocycles. The molecule has 1 aromatic rings. The Balaban J connectivity index is 2.27. The maximum absolute atomic E-state index is 11.3. The number of ether oxygens (including phenoxy) is 1. The third-order valence-corrected chi connectivity index (χ3v) is 2.94. The Bertz CT molecular complexity index is 398. The van der Waals surface area contributed by atoms with Crippen molar-refractivity contribution in [2.45, 2.75) is 18.4 Å². The van der Waals surface area contributed by atoms with Crippen molar-refractivity contribution in [2.75, 3.05) is 6.61 Å². The van der Waals surface area contributed by atoms with Crippen molar-refractivity contribution < 1.29 is 14.6 Å². The monoisotopic (exact) mass is 218 g/mol. The Hall–Kier alpha value is -1.61. The molecule has 1 aliphatic rings. The van der Waals surface area contributed by atoms with Gasteiger partial charge in [-0.3, -0.25) is 0 Å². The second-order valence-electron chi connectivity index (χ2n) is 4.02. The minimum atomic E-state index is -1.10. The van der Waals surface area contributed by atoms with Crippen LogP contribution in [0.25, 0.3) is 0 Å². The van der Waals surface area contributed by atoms with Crippen molar-refractivity contribution in [3.63, 3.8) is 0 Å². The van der Waals surface area contributed by atoms with Crippen LogP contribution < -0.4 is 0 Å². The molecule has 0 heterocycles. The lowest BCUT2D eigenvalue weighted by Crippen LogP contribution is -2.42. The van der Waals surface area contributed by atoms with Crippen molar-refractivity contribution in [1.82, 2.24) is 0 Å². The Morgan fingerprint density at radius 2 is 2.00 bits per heavy atom. The van der Waals surface area contributed by atoms with Crippen molar-refractivity contribution in [3.8, 4) is 0 Å². The number of hydrogen-bond acceptors (Lipinski definition) is 2. The highest BCUT2D eigenvalue weighted by atomic mass is 16.5. The molecule has 0 fully saturated rings. The summed E-state index contributed by atoms with van der Waals surface area (Å²) in [5.74, 6) is -0.898. The molecule has 3 nitrogen and oxygen atoms in total. The fourth-order valence-electron chi connectivity index (χ4n) is 2.11. The van der Waals surface area contributed by atoms with Crippen molar-refractivity contribution in [3.05, 3.63) is 48.0 Å². The zero-order chi connectivity index (χ0) is 11.6.